The van der Waals surface area contributed by atoms with E-state index in [1.807, 2.05) is 12.1 Å². The van der Waals surface area contributed by atoms with Crippen molar-refractivity contribution < 1.29 is 9.90 Å². The van der Waals surface area contributed by atoms with Crippen LogP contribution in [0, 0.1) is 5.41 Å². The largest absolute Gasteiger partial charge is 0.481 e. The molecule has 0 bridgehead atoms. The molecule has 1 saturated carbocycles. The number of carboxylic acid groups (broad SMARTS) is 1. The van der Waals surface area contributed by atoms with E-state index in [1.165, 1.54) is 5.69 Å². The van der Waals surface area contributed by atoms with Crippen LogP contribution in [0.4, 0.5) is 5.69 Å². The average molecular weight is 309 g/mol. The van der Waals surface area contributed by atoms with Crippen LogP contribution in [0.2, 0.25) is 5.02 Å². The van der Waals surface area contributed by atoms with Gasteiger partial charge in [-0.3, -0.25) is 9.69 Å². The lowest BCUT2D eigenvalue weighted by atomic mass is 10.0. The fourth-order valence-corrected chi connectivity index (χ4v) is 3.30. The number of piperazine rings is 1. The van der Waals surface area contributed by atoms with Gasteiger partial charge in [0.25, 0.3) is 0 Å². The third kappa shape index (κ3) is 3.69. The number of carboxylic acids is 1. The molecular weight excluding hydrogens is 288 g/mol. The highest BCUT2D eigenvalue weighted by atomic mass is 35.5. The first-order valence-electron chi connectivity index (χ1n) is 7.51. The van der Waals surface area contributed by atoms with E-state index in [1.54, 1.807) is 0 Å². The number of anilines is 1. The first-order chi connectivity index (χ1) is 10.1. The van der Waals surface area contributed by atoms with Gasteiger partial charge >= 0.3 is 5.97 Å². The second kappa shape index (κ2) is 5.85. The Morgan fingerprint density at radius 3 is 2.29 bits per heavy atom. The minimum atomic E-state index is -0.660. The molecule has 1 heterocycles. The smallest absolute Gasteiger partial charge is 0.303 e. The first-order valence-corrected chi connectivity index (χ1v) is 7.89. The molecule has 0 radical (unpaired) electrons. The van der Waals surface area contributed by atoms with Crippen molar-refractivity contribution in [2.75, 3.05) is 37.6 Å². The number of rotatable bonds is 5. The molecule has 4 nitrogen and oxygen atoms in total. The molecule has 21 heavy (non-hydrogen) atoms. The zero-order chi connectivity index (χ0) is 14.9. The standard InChI is InChI=1S/C16H21ClN2O2/c17-13-1-3-14(4-2-13)19-9-7-18(8-10-19)12-16(5-6-16)11-15(20)21/h1-4H,5-12H2,(H,20,21). The second-order valence-corrected chi connectivity index (χ2v) is 6.75. The zero-order valence-electron chi connectivity index (χ0n) is 12.1. The Bertz CT molecular complexity index is 506. The summed E-state index contributed by atoms with van der Waals surface area (Å²) in [7, 11) is 0. The number of carbonyl (C=O) groups is 1. The van der Waals surface area contributed by atoms with Gasteiger partial charge in [0, 0.05) is 43.4 Å². The molecule has 114 valence electrons. The summed E-state index contributed by atoms with van der Waals surface area (Å²) in [5.74, 6) is -0.660. The second-order valence-electron chi connectivity index (χ2n) is 6.31. The van der Waals surface area contributed by atoms with Crippen molar-refractivity contribution in [3.8, 4) is 0 Å². The number of halogens is 1. The summed E-state index contributed by atoms with van der Waals surface area (Å²) in [5, 5.41) is 9.76. The van der Waals surface area contributed by atoms with Gasteiger partial charge in [-0.1, -0.05) is 11.6 Å². The van der Waals surface area contributed by atoms with Crippen LogP contribution in [-0.4, -0.2) is 48.7 Å². The lowest BCUT2D eigenvalue weighted by Gasteiger charge is -2.37. The van der Waals surface area contributed by atoms with Gasteiger partial charge in [-0.15, -0.1) is 0 Å². The summed E-state index contributed by atoms with van der Waals surface area (Å²) in [4.78, 5) is 15.7. The van der Waals surface area contributed by atoms with Crippen LogP contribution >= 0.6 is 11.6 Å². The highest BCUT2D eigenvalue weighted by Gasteiger charge is 2.45. The number of hydrogen-bond acceptors (Lipinski definition) is 3. The summed E-state index contributed by atoms with van der Waals surface area (Å²) in [6, 6.07) is 7.97. The maximum atomic E-state index is 10.9. The molecule has 0 unspecified atom stereocenters. The maximum absolute atomic E-state index is 10.9. The fraction of sp³-hybridized carbons (Fsp3) is 0.562. The molecule has 1 aromatic rings. The van der Waals surface area contributed by atoms with Crippen molar-refractivity contribution in [2.24, 2.45) is 5.41 Å². The Balaban J connectivity index is 1.51. The van der Waals surface area contributed by atoms with E-state index in [-0.39, 0.29) is 5.41 Å². The summed E-state index contributed by atoms with van der Waals surface area (Å²) in [5.41, 5.74) is 1.28. The minimum absolute atomic E-state index is 0.0638. The van der Waals surface area contributed by atoms with Gasteiger partial charge in [0.05, 0.1) is 6.42 Å². The van der Waals surface area contributed by atoms with Gasteiger partial charge in [0.1, 0.15) is 0 Å². The summed E-state index contributed by atoms with van der Waals surface area (Å²) < 4.78 is 0. The summed E-state index contributed by atoms with van der Waals surface area (Å²) >= 11 is 5.92. The lowest BCUT2D eigenvalue weighted by molar-refractivity contribution is -0.138. The Kier molecular flexibility index (Phi) is 4.09. The van der Waals surface area contributed by atoms with Crippen LogP contribution < -0.4 is 4.90 Å². The molecule has 0 amide bonds. The number of benzene rings is 1. The molecule has 1 aliphatic heterocycles. The molecule has 3 rings (SSSR count). The molecule has 2 fully saturated rings. The monoisotopic (exact) mass is 308 g/mol. The molecule has 1 aliphatic carbocycles. The SMILES string of the molecule is O=C(O)CC1(CN2CCN(c3ccc(Cl)cc3)CC2)CC1. The van der Waals surface area contributed by atoms with Gasteiger partial charge in [-0.2, -0.15) is 0 Å². The Morgan fingerprint density at radius 2 is 1.76 bits per heavy atom. The van der Waals surface area contributed by atoms with E-state index < -0.39 is 5.97 Å². The van der Waals surface area contributed by atoms with Crippen molar-refractivity contribution in [2.45, 2.75) is 19.3 Å². The molecule has 1 aromatic carbocycles. The van der Waals surface area contributed by atoms with E-state index in [2.05, 4.69) is 21.9 Å². The van der Waals surface area contributed by atoms with Crippen LogP contribution in [0.1, 0.15) is 19.3 Å². The third-order valence-corrected chi connectivity index (χ3v) is 4.86. The average Bonchev–Trinajstić information content (AvgIpc) is 3.19. The van der Waals surface area contributed by atoms with E-state index in [4.69, 9.17) is 16.7 Å². The molecule has 1 N–H and O–H groups in total. The third-order valence-electron chi connectivity index (χ3n) is 4.61. The predicted molar refractivity (Wildman–Crippen MR) is 84.0 cm³/mol. The molecule has 0 spiro atoms. The zero-order valence-corrected chi connectivity index (χ0v) is 12.9. The van der Waals surface area contributed by atoms with Crippen molar-refractivity contribution in [3.05, 3.63) is 29.3 Å². The van der Waals surface area contributed by atoms with E-state index in [9.17, 15) is 4.79 Å². The molecule has 0 aromatic heterocycles. The van der Waals surface area contributed by atoms with Crippen LogP contribution in [0.3, 0.4) is 0 Å². The minimum Gasteiger partial charge on any atom is -0.481 e. The van der Waals surface area contributed by atoms with Crippen molar-refractivity contribution in [3.63, 3.8) is 0 Å². The Morgan fingerprint density at radius 1 is 1.14 bits per heavy atom. The van der Waals surface area contributed by atoms with Gasteiger partial charge < -0.3 is 10.0 Å². The van der Waals surface area contributed by atoms with Gasteiger partial charge in [-0.25, -0.2) is 0 Å². The van der Waals surface area contributed by atoms with Gasteiger partial charge in [0.15, 0.2) is 0 Å². The highest BCUT2D eigenvalue weighted by Crippen LogP contribution is 2.49. The topological polar surface area (TPSA) is 43.8 Å². The first kappa shape index (κ1) is 14.7. The Labute approximate surface area is 130 Å². The van der Waals surface area contributed by atoms with Gasteiger partial charge in [-0.05, 0) is 42.5 Å². The number of hydrogen-bond donors (Lipinski definition) is 1. The fourth-order valence-electron chi connectivity index (χ4n) is 3.18. The van der Waals surface area contributed by atoms with Crippen LogP contribution in [0.15, 0.2) is 24.3 Å². The molecule has 0 atom stereocenters. The number of aliphatic carboxylic acids is 1. The van der Waals surface area contributed by atoms with Crippen molar-refractivity contribution >= 4 is 23.3 Å². The van der Waals surface area contributed by atoms with Crippen LogP contribution in [0.5, 0.6) is 0 Å². The Hall–Kier alpha value is -1.26. The van der Waals surface area contributed by atoms with Crippen LogP contribution in [0.25, 0.3) is 0 Å². The van der Waals surface area contributed by atoms with Crippen molar-refractivity contribution in [1.29, 1.82) is 0 Å². The molecule has 2 aliphatic rings. The molecule has 5 heteroatoms. The lowest BCUT2D eigenvalue weighted by Crippen LogP contribution is -2.48. The molecular formula is C16H21ClN2O2. The predicted octanol–water partition coefficient (Wildman–Crippen LogP) is 2.72. The van der Waals surface area contributed by atoms with E-state index >= 15 is 0 Å². The normalized spacial score (nSPS) is 21.3. The molecule has 1 saturated heterocycles. The summed E-state index contributed by atoms with van der Waals surface area (Å²) in [6.45, 7) is 4.93. The maximum Gasteiger partial charge on any atom is 0.303 e. The number of nitrogens with zero attached hydrogens (tertiary/aromatic N) is 2. The quantitative estimate of drug-likeness (QED) is 0.908. The van der Waals surface area contributed by atoms with E-state index in [0.29, 0.717) is 6.42 Å². The highest BCUT2D eigenvalue weighted by molar-refractivity contribution is 6.30. The van der Waals surface area contributed by atoms with Crippen molar-refractivity contribution in [1.82, 2.24) is 4.90 Å². The summed E-state index contributed by atoms with van der Waals surface area (Å²) in [6.07, 6.45) is 2.46. The van der Waals surface area contributed by atoms with Crippen LogP contribution in [-0.2, 0) is 4.79 Å². The van der Waals surface area contributed by atoms with E-state index in [0.717, 1.165) is 50.6 Å². The van der Waals surface area contributed by atoms with Gasteiger partial charge in [0.2, 0.25) is 0 Å².